The van der Waals surface area contributed by atoms with Gasteiger partial charge in [-0.25, -0.2) is 0 Å². The minimum atomic E-state index is -1.81. The number of carboxylic acid groups (broad SMARTS) is 4. The number of fused-ring (bicyclic) bond motifs is 1. The lowest BCUT2D eigenvalue weighted by Crippen LogP contribution is -2.28. The molecule has 2 rings (SSSR count). The van der Waals surface area contributed by atoms with Crippen LogP contribution in [0.4, 0.5) is 0 Å². The lowest BCUT2D eigenvalue weighted by atomic mass is 9.94. The van der Waals surface area contributed by atoms with E-state index in [9.17, 15) is 39.6 Å². The van der Waals surface area contributed by atoms with Crippen LogP contribution < -0.4 is 20.4 Å². The molecule has 0 saturated heterocycles. The summed E-state index contributed by atoms with van der Waals surface area (Å²) in [7, 11) is 0. The molecule has 0 aromatic heterocycles. The van der Waals surface area contributed by atoms with Crippen molar-refractivity contribution in [2.45, 2.75) is 0 Å². The quantitative estimate of drug-likeness (QED) is 0.522. The fourth-order valence-corrected chi connectivity index (χ4v) is 2.04. The molecule has 0 bridgehead atoms. The average Bonchev–Trinajstić information content (AvgIpc) is 2.44. The van der Waals surface area contributed by atoms with Crippen molar-refractivity contribution in [1.82, 2.24) is 0 Å². The zero-order valence-corrected chi connectivity index (χ0v) is 11.6. The maximum absolute atomic E-state index is 11.1. The first kappa shape index (κ1) is 20.5. The summed E-state index contributed by atoms with van der Waals surface area (Å²) < 4.78 is 0. The maximum Gasteiger partial charge on any atom is 0.0721 e. The van der Waals surface area contributed by atoms with Crippen molar-refractivity contribution >= 4 is 34.6 Å². The van der Waals surface area contributed by atoms with Crippen molar-refractivity contribution in [2.75, 3.05) is 0 Å². The second kappa shape index (κ2) is 7.17. The molecule has 0 unspecified atom stereocenters. The second-order valence-corrected chi connectivity index (χ2v) is 4.29. The fourth-order valence-electron chi connectivity index (χ4n) is 2.04. The highest BCUT2D eigenvalue weighted by Crippen LogP contribution is 2.26. The third kappa shape index (κ3) is 3.45. The Kier molecular flexibility index (Phi) is 6.13. The van der Waals surface area contributed by atoms with Crippen molar-refractivity contribution in [1.29, 1.82) is 0 Å². The molecule has 128 valence electrons. The van der Waals surface area contributed by atoms with Crippen LogP contribution in [0.25, 0.3) is 10.8 Å². The minimum Gasteiger partial charge on any atom is -0.545 e. The molecule has 0 radical (unpaired) electrons. The molecule has 0 atom stereocenters. The molecule has 0 aliphatic heterocycles. The molecule has 0 amide bonds. The van der Waals surface area contributed by atoms with Gasteiger partial charge in [0.05, 0.1) is 23.9 Å². The predicted octanol–water partition coefficient (Wildman–Crippen LogP) is -5.36. The Morgan fingerprint density at radius 2 is 0.833 bits per heavy atom. The molecular formula is C14H8O10-4. The van der Waals surface area contributed by atoms with Crippen LogP contribution in [0.15, 0.2) is 24.3 Å². The predicted molar refractivity (Wildman–Crippen MR) is 68.5 cm³/mol. The highest BCUT2D eigenvalue weighted by molar-refractivity contribution is 6.13. The summed E-state index contributed by atoms with van der Waals surface area (Å²) in [5.41, 5.74) is -2.59. The van der Waals surface area contributed by atoms with Gasteiger partial charge in [-0.2, -0.15) is 0 Å². The maximum atomic E-state index is 11.1. The lowest BCUT2D eigenvalue weighted by Gasteiger charge is -2.17. The number of hydrogen-bond acceptors (Lipinski definition) is 8. The Bertz CT molecular complexity index is 781. The van der Waals surface area contributed by atoms with Gasteiger partial charge in [-0.15, -0.1) is 0 Å². The Morgan fingerprint density at radius 1 is 0.542 bits per heavy atom. The molecule has 0 aliphatic rings. The highest BCUT2D eigenvalue weighted by Gasteiger charge is 2.12. The van der Waals surface area contributed by atoms with Gasteiger partial charge < -0.3 is 50.6 Å². The number of benzene rings is 2. The molecule has 0 heterocycles. The van der Waals surface area contributed by atoms with Gasteiger partial charge in [-0.3, -0.25) is 0 Å². The Morgan fingerprint density at radius 3 is 1.04 bits per heavy atom. The number of carbonyl (C=O) groups excluding carboxylic acids is 4. The number of rotatable bonds is 4. The molecule has 10 nitrogen and oxygen atoms in total. The van der Waals surface area contributed by atoms with Crippen LogP contribution >= 0.6 is 0 Å². The fraction of sp³-hybridized carbons (Fsp3) is 0. The Hall–Kier alpha value is -3.50. The van der Waals surface area contributed by atoms with E-state index < -0.39 is 46.1 Å². The summed E-state index contributed by atoms with van der Waals surface area (Å²) in [5, 5.41) is 43.3. The zero-order chi connectivity index (χ0) is 16.6. The van der Waals surface area contributed by atoms with Crippen LogP contribution in [0, 0.1) is 0 Å². The first-order valence-electron chi connectivity index (χ1n) is 5.69. The van der Waals surface area contributed by atoms with Gasteiger partial charge in [0.1, 0.15) is 0 Å². The van der Waals surface area contributed by atoms with Gasteiger partial charge in [-0.1, -0.05) is 0 Å². The highest BCUT2D eigenvalue weighted by atomic mass is 16.4. The van der Waals surface area contributed by atoms with Crippen molar-refractivity contribution in [2.24, 2.45) is 0 Å². The largest absolute Gasteiger partial charge is 0.545 e. The number of aromatic carboxylic acids is 4. The van der Waals surface area contributed by atoms with Crippen LogP contribution in [-0.4, -0.2) is 34.8 Å². The van der Waals surface area contributed by atoms with Crippen LogP contribution in [0.2, 0.25) is 0 Å². The van der Waals surface area contributed by atoms with Crippen LogP contribution in [0.1, 0.15) is 41.4 Å². The summed E-state index contributed by atoms with van der Waals surface area (Å²) in [5.74, 6) is -7.10. The van der Waals surface area contributed by atoms with Gasteiger partial charge >= 0.3 is 0 Å². The average molecular weight is 336 g/mol. The van der Waals surface area contributed by atoms with E-state index in [0.29, 0.717) is 12.1 Å². The lowest BCUT2D eigenvalue weighted by molar-refractivity contribution is -0.257. The summed E-state index contributed by atoms with van der Waals surface area (Å²) in [6, 6.07) is 3.07. The van der Waals surface area contributed by atoms with Gasteiger partial charge in [-0.05, 0) is 46.2 Å². The molecule has 0 saturated carbocycles. The second-order valence-electron chi connectivity index (χ2n) is 4.29. The van der Waals surface area contributed by atoms with Crippen LogP contribution in [0.5, 0.6) is 0 Å². The van der Waals surface area contributed by atoms with Crippen LogP contribution in [-0.2, 0) is 0 Å². The number of carboxylic acids is 4. The Balaban J connectivity index is 0.00000264. The number of hydrogen-bond donors (Lipinski definition) is 0. The molecule has 0 spiro atoms. The molecule has 0 aliphatic carbocycles. The Labute approximate surface area is 132 Å². The van der Waals surface area contributed by atoms with Crippen molar-refractivity contribution < 1.29 is 50.6 Å². The van der Waals surface area contributed by atoms with E-state index in [1.165, 1.54) is 0 Å². The van der Waals surface area contributed by atoms with E-state index in [2.05, 4.69) is 0 Å². The third-order valence-electron chi connectivity index (χ3n) is 2.98. The normalized spacial score (nSPS) is 9.50. The summed E-state index contributed by atoms with van der Waals surface area (Å²) >= 11 is 0. The standard InChI is InChI=1S/C14H8O8.2H2O/c15-11(16)5-1-7-8(10(3-5)14(21)22)2-6(12(17)18)4-9(7)13(19)20;;/h1-4H,(H,15,16)(H,17,18)(H,19,20)(H,21,22);2*1H2/p-4. The minimum absolute atomic E-state index is 0. The van der Waals surface area contributed by atoms with Crippen molar-refractivity contribution in [3.63, 3.8) is 0 Å². The molecule has 2 aromatic carbocycles. The summed E-state index contributed by atoms with van der Waals surface area (Å²) in [4.78, 5) is 44.0. The zero-order valence-electron chi connectivity index (χ0n) is 11.6. The van der Waals surface area contributed by atoms with E-state index in [-0.39, 0.29) is 21.7 Å². The molecule has 24 heavy (non-hydrogen) atoms. The van der Waals surface area contributed by atoms with Crippen molar-refractivity contribution in [3.8, 4) is 0 Å². The first-order valence-corrected chi connectivity index (χ1v) is 5.69. The number of carbonyl (C=O) groups is 4. The first-order chi connectivity index (χ1) is 10.2. The van der Waals surface area contributed by atoms with E-state index in [1.807, 2.05) is 0 Å². The van der Waals surface area contributed by atoms with Gasteiger partial charge in [0.25, 0.3) is 0 Å². The third-order valence-corrected chi connectivity index (χ3v) is 2.98. The summed E-state index contributed by atoms with van der Waals surface area (Å²) in [6.45, 7) is 0. The van der Waals surface area contributed by atoms with Gasteiger partial charge in [0.2, 0.25) is 0 Å². The van der Waals surface area contributed by atoms with Crippen LogP contribution in [0.3, 0.4) is 0 Å². The van der Waals surface area contributed by atoms with E-state index >= 15 is 0 Å². The molecule has 2 aromatic rings. The summed E-state index contributed by atoms with van der Waals surface area (Å²) in [6.07, 6.45) is 0. The van der Waals surface area contributed by atoms with Crippen molar-refractivity contribution in [3.05, 3.63) is 46.5 Å². The molecular weight excluding hydrogens is 328 g/mol. The monoisotopic (exact) mass is 336 g/mol. The van der Waals surface area contributed by atoms with E-state index in [1.54, 1.807) is 0 Å². The molecule has 4 N–H and O–H groups in total. The van der Waals surface area contributed by atoms with Gasteiger partial charge in [0, 0.05) is 11.1 Å². The van der Waals surface area contributed by atoms with E-state index in [4.69, 9.17) is 0 Å². The molecule has 10 heteroatoms. The SMILES string of the molecule is O.O.O=C([O-])c1cc(C(=O)[O-])c2cc(C(=O)[O-])cc(C(=O)[O-])c2c1. The van der Waals surface area contributed by atoms with E-state index in [0.717, 1.165) is 12.1 Å². The van der Waals surface area contributed by atoms with Gasteiger partial charge in [0.15, 0.2) is 0 Å². The topological polar surface area (TPSA) is 224 Å². The smallest absolute Gasteiger partial charge is 0.0721 e. The molecule has 0 fully saturated rings.